The number of ether oxygens (including phenoxy) is 1. The number of aliphatic carboxylic acids is 1. The van der Waals surface area contributed by atoms with Crippen LogP contribution in [0, 0.1) is 5.41 Å². The van der Waals surface area contributed by atoms with Crippen molar-refractivity contribution in [3.05, 3.63) is 77.5 Å². The number of aromatic nitrogens is 2. The van der Waals surface area contributed by atoms with E-state index in [1.165, 1.54) is 6.39 Å². The van der Waals surface area contributed by atoms with Gasteiger partial charge in [-0.3, -0.25) is 10.2 Å². The molecule has 0 atom stereocenters. The van der Waals surface area contributed by atoms with Gasteiger partial charge in [-0.15, -0.1) is 10.2 Å². The van der Waals surface area contributed by atoms with Crippen molar-refractivity contribution >= 4 is 11.7 Å². The van der Waals surface area contributed by atoms with E-state index in [-0.39, 0.29) is 18.0 Å². The fourth-order valence-corrected chi connectivity index (χ4v) is 2.39. The number of carboxylic acid groups (broad SMARTS) is 1. The molecule has 3 aromatic rings. The number of hydrogen-bond acceptors (Lipinski definition) is 6. The smallest absolute Gasteiger partial charge is 0.303 e. The molecule has 0 saturated carbocycles. The number of rotatable bonds is 8. The average molecular weight is 351 g/mol. The maximum atomic E-state index is 10.6. The molecule has 2 aromatic carbocycles. The molecule has 0 unspecified atom stereocenters. The second-order valence-corrected chi connectivity index (χ2v) is 5.65. The zero-order valence-corrected chi connectivity index (χ0v) is 13.9. The maximum absolute atomic E-state index is 10.6. The van der Waals surface area contributed by atoms with Crippen LogP contribution in [0.5, 0.6) is 5.75 Å². The minimum Gasteiger partial charge on any atom is -0.489 e. The lowest BCUT2D eigenvalue weighted by atomic mass is 10.1. The minimum absolute atomic E-state index is 0.110. The first-order valence-electron chi connectivity index (χ1n) is 8.00. The first-order valence-corrected chi connectivity index (χ1v) is 8.00. The third kappa shape index (κ3) is 4.54. The van der Waals surface area contributed by atoms with E-state index in [2.05, 4.69) is 10.2 Å². The monoisotopic (exact) mass is 351 g/mol. The Bertz CT molecular complexity index is 889. The Morgan fingerprint density at radius 3 is 2.65 bits per heavy atom. The van der Waals surface area contributed by atoms with Crippen LogP contribution in [0.25, 0.3) is 0 Å². The standard InChI is InChI=1S/C19H17N3O4/c20-18(19-22-21-12-26-19)15-3-1-2-14(10-15)11-25-16-7-4-13(5-8-16)6-9-17(23)24/h1-5,7-8,10,12,20H,6,9,11H2,(H,23,24). The largest absolute Gasteiger partial charge is 0.489 e. The fraction of sp³-hybridized carbons (Fsp3) is 0.158. The normalized spacial score (nSPS) is 10.5. The maximum Gasteiger partial charge on any atom is 0.303 e. The molecular weight excluding hydrogens is 334 g/mol. The summed E-state index contributed by atoms with van der Waals surface area (Å²) < 4.78 is 10.8. The number of benzene rings is 2. The molecule has 7 nitrogen and oxygen atoms in total. The van der Waals surface area contributed by atoms with Crippen molar-refractivity contribution in [1.82, 2.24) is 10.2 Å². The van der Waals surface area contributed by atoms with Crippen molar-refractivity contribution in [3.63, 3.8) is 0 Å². The molecule has 7 heteroatoms. The molecule has 0 aliphatic heterocycles. The second kappa shape index (κ2) is 8.06. The molecular formula is C19H17N3O4. The lowest BCUT2D eigenvalue weighted by Gasteiger charge is -2.08. The van der Waals surface area contributed by atoms with Crippen LogP contribution in [0.2, 0.25) is 0 Å². The SMILES string of the molecule is N=C(c1cccc(COc2ccc(CCC(=O)O)cc2)c1)c1nnco1. The van der Waals surface area contributed by atoms with Crippen LogP contribution in [0.15, 0.2) is 59.3 Å². The van der Waals surface area contributed by atoms with Crippen molar-refractivity contribution in [2.75, 3.05) is 0 Å². The molecule has 0 saturated heterocycles. The lowest BCUT2D eigenvalue weighted by molar-refractivity contribution is -0.136. The molecule has 0 fully saturated rings. The number of nitrogens with one attached hydrogen (secondary N) is 1. The molecule has 0 aliphatic rings. The van der Waals surface area contributed by atoms with E-state index in [0.29, 0.717) is 24.3 Å². The predicted octanol–water partition coefficient (Wildman–Crippen LogP) is 3.08. The highest BCUT2D eigenvalue weighted by molar-refractivity contribution is 6.07. The van der Waals surface area contributed by atoms with Gasteiger partial charge in [-0.1, -0.05) is 30.3 Å². The summed E-state index contributed by atoms with van der Waals surface area (Å²) in [6.45, 7) is 0.347. The van der Waals surface area contributed by atoms with Gasteiger partial charge in [0.05, 0.1) is 0 Å². The van der Waals surface area contributed by atoms with Gasteiger partial charge in [-0.25, -0.2) is 0 Å². The number of hydrogen-bond donors (Lipinski definition) is 2. The van der Waals surface area contributed by atoms with Crippen molar-refractivity contribution in [2.24, 2.45) is 0 Å². The highest BCUT2D eigenvalue weighted by Gasteiger charge is 2.10. The third-order valence-corrected chi connectivity index (χ3v) is 3.75. The summed E-state index contributed by atoms with van der Waals surface area (Å²) in [4.78, 5) is 10.6. The van der Waals surface area contributed by atoms with Gasteiger partial charge in [0, 0.05) is 12.0 Å². The molecule has 132 valence electrons. The second-order valence-electron chi connectivity index (χ2n) is 5.65. The Morgan fingerprint density at radius 1 is 1.15 bits per heavy atom. The van der Waals surface area contributed by atoms with Gasteiger partial charge in [-0.2, -0.15) is 0 Å². The molecule has 0 bridgehead atoms. The number of carbonyl (C=O) groups is 1. The van der Waals surface area contributed by atoms with Gasteiger partial charge in [0.1, 0.15) is 18.1 Å². The molecule has 0 spiro atoms. The topological polar surface area (TPSA) is 109 Å². The quantitative estimate of drug-likeness (QED) is 0.604. The first-order chi connectivity index (χ1) is 12.6. The van der Waals surface area contributed by atoms with Crippen LogP contribution in [0.1, 0.15) is 29.0 Å². The molecule has 3 rings (SSSR count). The van der Waals surface area contributed by atoms with E-state index >= 15 is 0 Å². The van der Waals surface area contributed by atoms with Crippen LogP contribution >= 0.6 is 0 Å². The number of carboxylic acids is 1. The molecule has 1 heterocycles. The van der Waals surface area contributed by atoms with Crippen LogP contribution < -0.4 is 4.74 Å². The van der Waals surface area contributed by atoms with E-state index in [1.54, 1.807) is 6.07 Å². The Labute approximate surface area is 149 Å². The summed E-state index contributed by atoms with van der Waals surface area (Å²) in [5.41, 5.74) is 2.68. The van der Waals surface area contributed by atoms with E-state index in [9.17, 15) is 4.79 Å². The Kier molecular flexibility index (Phi) is 5.38. The van der Waals surface area contributed by atoms with Crippen LogP contribution in [0.3, 0.4) is 0 Å². The number of aryl methyl sites for hydroxylation is 1. The molecule has 0 amide bonds. The van der Waals surface area contributed by atoms with Gasteiger partial charge < -0.3 is 14.3 Å². The summed E-state index contributed by atoms with van der Waals surface area (Å²) in [5, 5.41) is 24.1. The van der Waals surface area contributed by atoms with Crippen molar-refractivity contribution in [2.45, 2.75) is 19.4 Å². The summed E-state index contributed by atoms with van der Waals surface area (Å²) in [5.74, 6) is 0.0535. The van der Waals surface area contributed by atoms with E-state index in [4.69, 9.17) is 19.7 Å². The first kappa shape index (κ1) is 17.3. The highest BCUT2D eigenvalue weighted by Crippen LogP contribution is 2.16. The molecule has 26 heavy (non-hydrogen) atoms. The van der Waals surface area contributed by atoms with Gasteiger partial charge in [-0.05, 0) is 35.7 Å². The molecule has 2 N–H and O–H groups in total. The van der Waals surface area contributed by atoms with Crippen molar-refractivity contribution in [1.29, 1.82) is 5.41 Å². The van der Waals surface area contributed by atoms with E-state index in [0.717, 1.165) is 11.1 Å². The Hall–Kier alpha value is -3.48. The van der Waals surface area contributed by atoms with Gasteiger partial charge in [0.15, 0.2) is 0 Å². The fourth-order valence-electron chi connectivity index (χ4n) is 2.39. The summed E-state index contributed by atoms with van der Waals surface area (Å²) in [7, 11) is 0. The molecule has 1 aromatic heterocycles. The van der Waals surface area contributed by atoms with E-state index in [1.807, 2.05) is 42.5 Å². The zero-order valence-electron chi connectivity index (χ0n) is 13.9. The Morgan fingerprint density at radius 2 is 1.96 bits per heavy atom. The van der Waals surface area contributed by atoms with Gasteiger partial charge in [0.2, 0.25) is 6.39 Å². The number of nitrogens with zero attached hydrogens (tertiary/aromatic N) is 2. The summed E-state index contributed by atoms with van der Waals surface area (Å²) in [6, 6.07) is 14.8. The van der Waals surface area contributed by atoms with E-state index < -0.39 is 5.97 Å². The third-order valence-electron chi connectivity index (χ3n) is 3.75. The van der Waals surface area contributed by atoms with Crippen molar-refractivity contribution in [3.8, 4) is 5.75 Å². The van der Waals surface area contributed by atoms with Crippen LogP contribution in [-0.4, -0.2) is 27.0 Å². The van der Waals surface area contributed by atoms with Crippen molar-refractivity contribution < 1.29 is 19.1 Å². The minimum atomic E-state index is -0.809. The van der Waals surface area contributed by atoms with Crippen LogP contribution in [0.4, 0.5) is 0 Å². The van der Waals surface area contributed by atoms with Gasteiger partial charge >= 0.3 is 5.97 Å². The molecule has 0 aliphatic carbocycles. The summed E-state index contributed by atoms with van der Waals surface area (Å²) >= 11 is 0. The zero-order chi connectivity index (χ0) is 18.4. The average Bonchev–Trinajstić information content (AvgIpc) is 3.20. The Balaban J connectivity index is 1.60. The molecule has 0 radical (unpaired) electrons. The lowest BCUT2D eigenvalue weighted by Crippen LogP contribution is -2.04. The predicted molar refractivity (Wildman–Crippen MR) is 93.4 cm³/mol. The summed E-state index contributed by atoms with van der Waals surface area (Å²) in [6.07, 6.45) is 1.80. The highest BCUT2D eigenvalue weighted by atomic mass is 16.5. The van der Waals surface area contributed by atoms with Gasteiger partial charge in [0.25, 0.3) is 5.89 Å². The van der Waals surface area contributed by atoms with Crippen LogP contribution in [-0.2, 0) is 17.8 Å².